The highest BCUT2D eigenvalue weighted by Crippen LogP contribution is 2.21. The molecule has 84 valence electrons. The lowest BCUT2D eigenvalue weighted by Gasteiger charge is -2.19. The number of rotatable bonds is 3. The Morgan fingerprint density at radius 3 is 2.81 bits per heavy atom. The maximum atomic E-state index is 8.93. The molecular formula is C13H16N2O. The Bertz CT molecular complexity index is 496. The first kappa shape index (κ1) is 10.9. The SMILES string of the molecule is Cc1cc2ccccc2nc1N(C)CCO. The molecular weight excluding hydrogens is 200 g/mol. The molecule has 0 atom stereocenters. The summed E-state index contributed by atoms with van der Waals surface area (Å²) in [6.45, 7) is 2.79. The maximum absolute atomic E-state index is 8.93. The van der Waals surface area contributed by atoms with E-state index in [0.717, 1.165) is 22.3 Å². The van der Waals surface area contributed by atoms with Gasteiger partial charge in [0, 0.05) is 19.0 Å². The van der Waals surface area contributed by atoms with E-state index in [1.807, 2.05) is 37.1 Å². The first-order valence-corrected chi connectivity index (χ1v) is 5.41. The zero-order valence-electron chi connectivity index (χ0n) is 9.64. The van der Waals surface area contributed by atoms with Crippen molar-refractivity contribution >= 4 is 16.7 Å². The number of fused-ring (bicyclic) bond motifs is 1. The molecule has 1 N–H and O–H groups in total. The summed E-state index contributed by atoms with van der Waals surface area (Å²) in [7, 11) is 1.94. The lowest BCUT2D eigenvalue weighted by Crippen LogP contribution is -2.23. The van der Waals surface area contributed by atoms with E-state index in [0.29, 0.717) is 6.54 Å². The van der Waals surface area contributed by atoms with Gasteiger partial charge in [0.2, 0.25) is 0 Å². The van der Waals surface area contributed by atoms with Gasteiger partial charge in [-0.25, -0.2) is 4.98 Å². The van der Waals surface area contributed by atoms with Crippen LogP contribution < -0.4 is 4.90 Å². The average molecular weight is 216 g/mol. The largest absolute Gasteiger partial charge is 0.395 e. The van der Waals surface area contributed by atoms with Crippen molar-refractivity contribution in [1.82, 2.24) is 4.98 Å². The molecule has 0 unspecified atom stereocenters. The fourth-order valence-corrected chi connectivity index (χ4v) is 1.85. The van der Waals surface area contributed by atoms with E-state index in [1.165, 1.54) is 0 Å². The molecule has 0 aliphatic heterocycles. The Morgan fingerprint density at radius 2 is 2.06 bits per heavy atom. The minimum absolute atomic E-state index is 0.143. The number of aliphatic hydroxyl groups is 1. The fourth-order valence-electron chi connectivity index (χ4n) is 1.85. The van der Waals surface area contributed by atoms with Gasteiger partial charge in [0.1, 0.15) is 5.82 Å². The number of para-hydroxylation sites is 1. The van der Waals surface area contributed by atoms with E-state index in [2.05, 4.69) is 17.1 Å². The van der Waals surface area contributed by atoms with Gasteiger partial charge < -0.3 is 10.0 Å². The molecule has 2 aromatic rings. The number of benzene rings is 1. The van der Waals surface area contributed by atoms with Crippen molar-refractivity contribution in [2.24, 2.45) is 0 Å². The van der Waals surface area contributed by atoms with Gasteiger partial charge in [-0.05, 0) is 24.6 Å². The molecule has 0 fully saturated rings. The van der Waals surface area contributed by atoms with Gasteiger partial charge in [0.25, 0.3) is 0 Å². The topological polar surface area (TPSA) is 36.4 Å². The predicted octanol–water partition coefficient (Wildman–Crippen LogP) is 1.97. The van der Waals surface area contributed by atoms with Gasteiger partial charge in [0.15, 0.2) is 0 Å². The molecule has 0 saturated heterocycles. The molecule has 2 rings (SSSR count). The summed E-state index contributed by atoms with van der Waals surface area (Å²) in [6.07, 6.45) is 0. The smallest absolute Gasteiger partial charge is 0.132 e. The van der Waals surface area contributed by atoms with Gasteiger partial charge in [-0.15, -0.1) is 0 Å². The lowest BCUT2D eigenvalue weighted by molar-refractivity contribution is 0.304. The van der Waals surface area contributed by atoms with Crippen molar-refractivity contribution in [3.63, 3.8) is 0 Å². The molecule has 0 aliphatic rings. The van der Waals surface area contributed by atoms with Crippen molar-refractivity contribution in [3.8, 4) is 0 Å². The Hall–Kier alpha value is -1.61. The number of aryl methyl sites for hydroxylation is 1. The molecule has 1 heterocycles. The summed E-state index contributed by atoms with van der Waals surface area (Å²) in [5, 5.41) is 10.1. The van der Waals surface area contributed by atoms with E-state index in [-0.39, 0.29) is 6.61 Å². The first-order chi connectivity index (χ1) is 7.72. The van der Waals surface area contributed by atoms with Crippen LogP contribution in [0.25, 0.3) is 10.9 Å². The third kappa shape index (κ3) is 1.99. The second-order valence-electron chi connectivity index (χ2n) is 3.97. The van der Waals surface area contributed by atoms with Crippen LogP contribution in [0.15, 0.2) is 30.3 Å². The van der Waals surface area contributed by atoms with Crippen molar-refractivity contribution in [3.05, 3.63) is 35.9 Å². The van der Waals surface area contributed by atoms with E-state index in [9.17, 15) is 0 Å². The number of hydrogen-bond acceptors (Lipinski definition) is 3. The highest BCUT2D eigenvalue weighted by Gasteiger charge is 2.07. The minimum atomic E-state index is 0.143. The second-order valence-corrected chi connectivity index (χ2v) is 3.97. The summed E-state index contributed by atoms with van der Waals surface area (Å²) >= 11 is 0. The second kappa shape index (κ2) is 4.49. The molecule has 0 spiro atoms. The van der Waals surface area contributed by atoms with Crippen LogP contribution in [-0.4, -0.2) is 30.3 Å². The third-order valence-electron chi connectivity index (χ3n) is 2.68. The Morgan fingerprint density at radius 1 is 1.31 bits per heavy atom. The average Bonchev–Trinajstić information content (AvgIpc) is 2.28. The zero-order chi connectivity index (χ0) is 11.5. The minimum Gasteiger partial charge on any atom is -0.395 e. The van der Waals surface area contributed by atoms with E-state index < -0.39 is 0 Å². The number of anilines is 1. The zero-order valence-corrected chi connectivity index (χ0v) is 9.64. The van der Waals surface area contributed by atoms with Crippen molar-refractivity contribution < 1.29 is 5.11 Å². The van der Waals surface area contributed by atoms with E-state index in [1.54, 1.807) is 0 Å². The van der Waals surface area contributed by atoms with Gasteiger partial charge in [-0.2, -0.15) is 0 Å². The first-order valence-electron chi connectivity index (χ1n) is 5.41. The van der Waals surface area contributed by atoms with E-state index in [4.69, 9.17) is 5.11 Å². The van der Waals surface area contributed by atoms with Crippen LogP contribution in [-0.2, 0) is 0 Å². The van der Waals surface area contributed by atoms with Crippen LogP contribution in [0.1, 0.15) is 5.56 Å². The van der Waals surface area contributed by atoms with Crippen LogP contribution in [0.3, 0.4) is 0 Å². The number of aliphatic hydroxyl groups excluding tert-OH is 1. The number of likely N-dealkylation sites (N-methyl/N-ethyl adjacent to an activating group) is 1. The van der Waals surface area contributed by atoms with Gasteiger partial charge in [-0.1, -0.05) is 18.2 Å². The Balaban J connectivity index is 2.49. The summed E-state index contributed by atoms with van der Waals surface area (Å²) in [4.78, 5) is 6.58. The molecule has 1 aromatic heterocycles. The van der Waals surface area contributed by atoms with Crippen LogP contribution in [0.5, 0.6) is 0 Å². The van der Waals surface area contributed by atoms with Crippen molar-refractivity contribution in [2.75, 3.05) is 25.1 Å². The predicted molar refractivity (Wildman–Crippen MR) is 66.8 cm³/mol. The highest BCUT2D eigenvalue weighted by molar-refractivity contribution is 5.81. The lowest BCUT2D eigenvalue weighted by atomic mass is 10.1. The maximum Gasteiger partial charge on any atom is 0.132 e. The summed E-state index contributed by atoms with van der Waals surface area (Å²) in [5.41, 5.74) is 2.13. The summed E-state index contributed by atoms with van der Waals surface area (Å²) < 4.78 is 0. The number of pyridine rings is 1. The number of hydrogen-bond donors (Lipinski definition) is 1. The molecule has 0 amide bonds. The Labute approximate surface area is 95.3 Å². The summed E-state index contributed by atoms with van der Waals surface area (Å²) in [5.74, 6) is 0.938. The molecule has 0 bridgehead atoms. The van der Waals surface area contributed by atoms with Gasteiger partial charge in [-0.3, -0.25) is 0 Å². The van der Waals surface area contributed by atoms with Crippen LogP contribution in [0.2, 0.25) is 0 Å². The number of aromatic nitrogens is 1. The Kier molecular flexibility index (Phi) is 3.06. The molecule has 3 heteroatoms. The molecule has 1 aromatic carbocycles. The molecule has 0 saturated carbocycles. The quantitative estimate of drug-likeness (QED) is 0.852. The molecule has 0 aliphatic carbocycles. The molecule has 0 radical (unpaired) electrons. The van der Waals surface area contributed by atoms with Crippen LogP contribution in [0.4, 0.5) is 5.82 Å². The fraction of sp³-hybridized carbons (Fsp3) is 0.308. The third-order valence-corrected chi connectivity index (χ3v) is 2.68. The van der Waals surface area contributed by atoms with Gasteiger partial charge >= 0.3 is 0 Å². The highest BCUT2D eigenvalue weighted by atomic mass is 16.3. The molecule has 3 nitrogen and oxygen atoms in total. The molecule has 16 heavy (non-hydrogen) atoms. The monoisotopic (exact) mass is 216 g/mol. The van der Waals surface area contributed by atoms with Crippen LogP contribution >= 0.6 is 0 Å². The normalized spacial score (nSPS) is 10.7. The van der Waals surface area contributed by atoms with Crippen molar-refractivity contribution in [1.29, 1.82) is 0 Å². The standard InChI is InChI=1S/C13H16N2O/c1-10-9-11-5-3-4-6-12(11)14-13(10)15(2)7-8-16/h3-6,9,16H,7-8H2,1-2H3. The van der Waals surface area contributed by atoms with Gasteiger partial charge in [0.05, 0.1) is 12.1 Å². The number of nitrogens with zero attached hydrogens (tertiary/aromatic N) is 2. The van der Waals surface area contributed by atoms with E-state index >= 15 is 0 Å². The van der Waals surface area contributed by atoms with Crippen LogP contribution in [0, 0.1) is 6.92 Å². The summed E-state index contributed by atoms with van der Waals surface area (Å²) in [6, 6.07) is 10.2. The van der Waals surface area contributed by atoms with Crippen molar-refractivity contribution in [2.45, 2.75) is 6.92 Å².